The molecule has 0 radical (unpaired) electrons. The van der Waals surface area contributed by atoms with Gasteiger partial charge in [-0.3, -0.25) is 0 Å². The van der Waals surface area contributed by atoms with Crippen LogP contribution >= 0.6 is 0 Å². The van der Waals surface area contributed by atoms with Gasteiger partial charge in [-0.1, -0.05) is 121 Å². The molecule has 0 N–H and O–H groups in total. The average molecular weight is 730 g/mol. The summed E-state index contributed by atoms with van der Waals surface area (Å²) in [4.78, 5) is 14.9. The van der Waals surface area contributed by atoms with Gasteiger partial charge in [0.05, 0.1) is 22.1 Å². The van der Waals surface area contributed by atoms with Gasteiger partial charge in [0.25, 0.3) is 0 Å². The summed E-state index contributed by atoms with van der Waals surface area (Å²) in [5.74, 6) is 1.90. The highest BCUT2D eigenvalue weighted by Crippen LogP contribution is 2.44. The van der Waals surface area contributed by atoms with Gasteiger partial charge < -0.3 is 13.6 Å². The maximum Gasteiger partial charge on any atom is 0.164 e. The zero-order valence-electron chi connectivity index (χ0n) is 30.5. The van der Waals surface area contributed by atoms with Crippen LogP contribution < -0.4 is 0 Å². The Morgan fingerprint density at radius 2 is 0.895 bits per heavy atom. The molecule has 6 heteroatoms. The van der Waals surface area contributed by atoms with E-state index in [0.29, 0.717) is 17.5 Å². The highest BCUT2D eigenvalue weighted by molar-refractivity contribution is 6.28. The van der Waals surface area contributed by atoms with E-state index in [0.717, 1.165) is 66.4 Å². The zero-order chi connectivity index (χ0) is 37.5. The lowest BCUT2D eigenvalue weighted by Crippen LogP contribution is -2.00. The Morgan fingerprint density at radius 1 is 0.333 bits per heavy atom. The van der Waals surface area contributed by atoms with Crippen LogP contribution in [0, 0.1) is 0 Å². The largest absolute Gasteiger partial charge is 0.456 e. The summed E-state index contributed by atoms with van der Waals surface area (Å²) in [7, 11) is 0. The van der Waals surface area contributed by atoms with Gasteiger partial charge >= 0.3 is 0 Å². The molecule has 0 fully saturated rings. The van der Waals surface area contributed by atoms with Crippen molar-refractivity contribution in [3.05, 3.63) is 188 Å². The Balaban J connectivity index is 1.12. The second-order valence-electron chi connectivity index (χ2n) is 14.4. The zero-order valence-corrected chi connectivity index (χ0v) is 30.5. The first-order valence-corrected chi connectivity index (χ1v) is 19.1. The fourth-order valence-electron chi connectivity index (χ4n) is 8.60. The molecule has 4 aromatic heterocycles. The molecule has 0 saturated heterocycles. The molecule has 0 aliphatic carbocycles. The molecular weight excluding hydrogens is 699 g/mol. The summed E-state index contributed by atoms with van der Waals surface area (Å²) in [6.07, 6.45) is 0. The quantitative estimate of drug-likeness (QED) is 0.177. The van der Waals surface area contributed by atoms with Gasteiger partial charge in [-0.25, -0.2) is 15.0 Å². The standard InChI is InChI=1S/C51H31N5O/c1-4-14-32(15-5-1)49-52-50(33-16-6-2-7-17-33)54-51(53-49)34-24-26-36(27-25-34)55-43-29-28-39-37-20-10-12-22-42(37)56(35-18-8-3-9-19-35)48(39)47(43)41-30-40-38-21-11-13-23-45(38)57-46(40)31-44(41)55/h1-31H. The predicted molar refractivity (Wildman–Crippen MR) is 232 cm³/mol. The first-order valence-electron chi connectivity index (χ1n) is 19.1. The molecule has 0 spiro atoms. The van der Waals surface area contributed by atoms with Crippen molar-refractivity contribution in [2.45, 2.75) is 0 Å². The minimum atomic E-state index is 0.620. The van der Waals surface area contributed by atoms with Crippen LogP contribution in [0.4, 0.5) is 0 Å². The van der Waals surface area contributed by atoms with Crippen LogP contribution in [-0.4, -0.2) is 24.1 Å². The van der Waals surface area contributed by atoms with E-state index < -0.39 is 0 Å². The molecule has 0 bridgehead atoms. The first kappa shape index (κ1) is 31.5. The van der Waals surface area contributed by atoms with Crippen molar-refractivity contribution < 1.29 is 4.42 Å². The van der Waals surface area contributed by atoms with E-state index in [1.54, 1.807) is 0 Å². The number of hydrogen-bond donors (Lipinski definition) is 0. The van der Waals surface area contributed by atoms with Crippen LogP contribution in [0.2, 0.25) is 0 Å². The summed E-state index contributed by atoms with van der Waals surface area (Å²) in [5, 5.41) is 7.00. The van der Waals surface area contributed by atoms with Crippen molar-refractivity contribution in [3.8, 4) is 45.5 Å². The number of fused-ring (bicyclic) bond motifs is 10. The number of nitrogens with zero attached hydrogens (tertiary/aromatic N) is 5. The third kappa shape index (κ3) is 4.87. The van der Waals surface area contributed by atoms with Gasteiger partial charge in [0.15, 0.2) is 17.5 Å². The van der Waals surface area contributed by atoms with Crippen LogP contribution in [0.25, 0.3) is 111 Å². The van der Waals surface area contributed by atoms with E-state index in [2.05, 4.69) is 124 Å². The van der Waals surface area contributed by atoms with E-state index in [9.17, 15) is 0 Å². The van der Waals surface area contributed by atoms with E-state index >= 15 is 0 Å². The summed E-state index contributed by atoms with van der Waals surface area (Å²) in [6.45, 7) is 0. The molecular formula is C51H31N5O. The summed E-state index contributed by atoms with van der Waals surface area (Å²) >= 11 is 0. The summed E-state index contributed by atoms with van der Waals surface area (Å²) in [6, 6.07) is 65.5. The van der Waals surface area contributed by atoms with Gasteiger partial charge in [0.1, 0.15) is 11.2 Å². The molecule has 0 amide bonds. The fraction of sp³-hybridized carbons (Fsp3) is 0. The van der Waals surface area contributed by atoms with Crippen LogP contribution in [-0.2, 0) is 0 Å². The van der Waals surface area contributed by atoms with Crippen molar-refractivity contribution >= 4 is 65.6 Å². The van der Waals surface area contributed by atoms with Crippen molar-refractivity contribution in [2.24, 2.45) is 0 Å². The van der Waals surface area contributed by atoms with E-state index in [1.165, 1.54) is 27.2 Å². The monoisotopic (exact) mass is 729 g/mol. The first-order chi connectivity index (χ1) is 28.3. The summed E-state index contributed by atoms with van der Waals surface area (Å²) < 4.78 is 11.3. The molecule has 0 saturated carbocycles. The minimum absolute atomic E-state index is 0.620. The molecule has 57 heavy (non-hydrogen) atoms. The van der Waals surface area contributed by atoms with Crippen LogP contribution in [0.5, 0.6) is 0 Å². The van der Waals surface area contributed by atoms with Gasteiger partial charge in [-0.05, 0) is 60.7 Å². The second kappa shape index (κ2) is 12.3. The maximum atomic E-state index is 6.51. The number of para-hydroxylation sites is 3. The molecule has 4 heterocycles. The highest BCUT2D eigenvalue weighted by Gasteiger charge is 2.23. The Morgan fingerprint density at radius 3 is 1.58 bits per heavy atom. The van der Waals surface area contributed by atoms with Crippen molar-refractivity contribution in [1.29, 1.82) is 0 Å². The lowest BCUT2D eigenvalue weighted by Gasteiger charge is -2.11. The van der Waals surface area contributed by atoms with E-state index in [4.69, 9.17) is 19.4 Å². The van der Waals surface area contributed by atoms with Crippen LogP contribution in [0.15, 0.2) is 192 Å². The molecule has 0 aliphatic heterocycles. The Hall–Kier alpha value is -7.83. The van der Waals surface area contributed by atoms with E-state index in [-0.39, 0.29) is 0 Å². The van der Waals surface area contributed by atoms with E-state index in [1.807, 2.05) is 72.8 Å². The number of rotatable bonds is 5. The van der Waals surface area contributed by atoms with Crippen LogP contribution in [0.1, 0.15) is 0 Å². The molecule has 6 nitrogen and oxygen atoms in total. The average Bonchev–Trinajstić information content (AvgIpc) is 3.93. The molecule has 8 aromatic carbocycles. The predicted octanol–water partition coefficient (Wildman–Crippen LogP) is 13.0. The Bertz CT molecular complexity index is 3430. The molecule has 0 aliphatic rings. The number of hydrogen-bond acceptors (Lipinski definition) is 4. The maximum absolute atomic E-state index is 6.51. The van der Waals surface area contributed by atoms with Gasteiger partial charge in [0, 0.05) is 66.4 Å². The number of aromatic nitrogens is 5. The SMILES string of the molecule is c1ccc(-c2nc(-c3ccccc3)nc(-c3ccc(-n4c5cc6oc7ccccc7c6cc5c5c4ccc4c6ccccc6n(-c6ccccc6)c45)cc3)n2)cc1. The molecule has 12 rings (SSSR count). The molecule has 0 unspecified atom stereocenters. The smallest absolute Gasteiger partial charge is 0.164 e. The Labute approximate surface area is 326 Å². The molecule has 266 valence electrons. The number of benzene rings is 8. The lowest BCUT2D eigenvalue weighted by atomic mass is 10.1. The normalized spacial score (nSPS) is 11.9. The number of furan rings is 1. The van der Waals surface area contributed by atoms with Gasteiger partial charge in [0.2, 0.25) is 0 Å². The van der Waals surface area contributed by atoms with Crippen molar-refractivity contribution in [2.75, 3.05) is 0 Å². The van der Waals surface area contributed by atoms with Gasteiger partial charge in [-0.2, -0.15) is 0 Å². The van der Waals surface area contributed by atoms with Crippen molar-refractivity contribution in [1.82, 2.24) is 24.1 Å². The van der Waals surface area contributed by atoms with Gasteiger partial charge in [-0.15, -0.1) is 0 Å². The molecule has 0 atom stereocenters. The molecule has 12 aromatic rings. The Kier molecular flexibility index (Phi) is 6.83. The minimum Gasteiger partial charge on any atom is -0.456 e. The van der Waals surface area contributed by atoms with Crippen molar-refractivity contribution in [3.63, 3.8) is 0 Å². The topological polar surface area (TPSA) is 61.7 Å². The lowest BCUT2D eigenvalue weighted by molar-refractivity contribution is 0.669. The summed E-state index contributed by atoms with van der Waals surface area (Å²) in [5.41, 5.74) is 11.2. The fourth-order valence-corrected chi connectivity index (χ4v) is 8.60. The third-order valence-corrected chi connectivity index (χ3v) is 11.2. The van der Waals surface area contributed by atoms with Crippen LogP contribution in [0.3, 0.4) is 0 Å². The highest BCUT2D eigenvalue weighted by atomic mass is 16.3. The third-order valence-electron chi connectivity index (χ3n) is 11.2. The second-order valence-corrected chi connectivity index (χ2v) is 14.4.